The Labute approximate surface area is 182 Å². The molecule has 3 aromatic rings. The van der Waals surface area contributed by atoms with E-state index in [0.717, 1.165) is 42.5 Å². The predicted octanol–water partition coefficient (Wildman–Crippen LogP) is 4.45. The summed E-state index contributed by atoms with van der Waals surface area (Å²) >= 11 is 0. The van der Waals surface area contributed by atoms with Crippen LogP contribution in [0.15, 0.2) is 60.8 Å². The predicted molar refractivity (Wildman–Crippen MR) is 119 cm³/mol. The van der Waals surface area contributed by atoms with Crippen LogP contribution in [-0.4, -0.2) is 33.8 Å². The number of hydrogen-bond donors (Lipinski definition) is 1. The molecule has 0 unspecified atom stereocenters. The van der Waals surface area contributed by atoms with Gasteiger partial charge in [-0.25, -0.2) is 9.48 Å². The van der Waals surface area contributed by atoms with Crippen molar-refractivity contribution in [3.8, 4) is 16.9 Å². The van der Waals surface area contributed by atoms with Crippen LogP contribution < -0.4 is 5.32 Å². The Morgan fingerprint density at radius 3 is 2.42 bits per heavy atom. The number of nitrogens with one attached hydrogen (secondary N) is 1. The number of aryl methyl sites for hydroxylation is 1. The molecule has 4 rings (SSSR count). The third-order valence-electron chi connectivity index (χ3n) is 5.63. The average molecular weight is 418 g/mol. The molecular weight excluding hydrogens is 390 g/mol. The van der Waals surface area contributed by atoms with E-state index in [-0.39, 0.29) is 11.9 Å². The van der Waals surface area contributed by atoms with E-state index >= 15 is 0 Å². The number of aromatic nitrogens is 2. The first-order valence-electron chi connectivity index (χ1n) is 10.7. The molecule has 1 atom stereocenters. The molecule has 1 amide bonds. The van der Waals surface area contributed by atoms with Gasteiger partial charge in [0.2, 0.25) is 0 Å². The number of amides is 1. The minimum absolute atomic E-state index is 0.178. The Kier molecular flexibility index (Phi) is 6.16. The highest BCUT2D eigenvalue weighted by Crippen LogP contribution is 2.25. The van der Waals surface area contributed by atoms with Crippen LogP contribution in [0.5, 0.6) is 0 Å². The van der Waals surface area contributed by atoms with Gasteiger partial charge < -0.3 is 10.1 Å². The standard InChI is InChI=1S/C25H27N3O3/c1-17-12-14-19(15-13-17)23-22(16-28(27-23)21-10-4-3-5-11-21)25(30)31-18(2)24(29)26-20-8-6-7-9-20/h3-5,10-16,18,20H,6-9H2,1-2H3,(H,26,29)/t18-/m1/s1. The van der Waals surface area contributed by atoms with Crippen LogP contribution in [0.25, 0.3) is 16.9 Å². The van der Waals surface area contributed by atoms with Crippen molar-refractivity contribution in [2.24, 2.45) is 0 Å². The highest BCUT2D eigenvalue weighted by atomic mass is 16.5. The molecule has 0 spiro atoms. The van der Waals surface area contributed by atoms with Gasteiger partial charge in [-0.3, -0.25) is 4.79 Å². The van der Waals surface area contributed by atoms with Crippen LogP contribution in [0.3, 0.4) is 0 Å². The van der Waals surface area contributed by atoms with Crippen molar-refractivity contribution in [3.05, 3.63) is 71.9 Å². The summed E-state index contributed by atoms with van der Waals surface area (Å²) in [6.07, 6.45) is 4.99. The molecule has 1 heterocycles. The van der Waals surface area contributed by atoms with Crippen molar-refractivity contribution in [2.45, 2.75) is 51.7 Å². The number of rotatable bonds is 6. The van der Waals surface area contributed by atoms with Crippen molar-refractivity contribution >= 4 is 11.9 Å². The number of ether oxygens (including phenoxy) is 1. The topological polar surface area (TPSA) is 73.2 Å². The number of carbonyl (C=O) groups excluding carboxylic acids is 2. The lowest BCUT2D eigenvalue weighted by molar-refractivity contribution is -0.129. The SMILES string of the molecule is Cc1ccc(-c2nn(-c3ccccc3)cc2C(=O)O[C@H](C)C(=O)NC2CCCC2)cc1. The van der Waals surface area contributed by atoms with Gasteiger partial charge in [0.05, 0.1) is 5.69 Å². The van der Waals surface area contributed by atoms with Gasteiger partial charge in [0, 0.05) is 17.8 Å². The minimum atomic E-state index is -0.876. The number of esters is 1. The van der Waals surface area contributed by atoms with Crippen LogP contribution in [-0.2, 0) is 9.53 Å². The molecule has 1 saturated carbocycles. The Morgan fingerprint density at radius 2 is 1.74 bits per heavy atom. The average Bonchev–Trinajstić information content (AvgIpc) is 3.45. The number of carbonyl (C=O) groups is 2. The van der Waals surface area contributed by atoms with E-state index in [4.69, 9.17) is 4.74 Å². The molecule has 6 heteroatoms. The van der Waals surface area contributed by atoms with Gasteiger partial charge in [-0.05, 0) is 38.8 Å². The van der Waals surface area contributed by atoms with Crippen molar-refractivity contribution in [3.63, 3.8) is 0 Å². The maximum absolute atomic E-state index is 13.0. The van der Waals surface area contributed by atoms with Gasteiger partial charge in [0.1, 0.15) is 11.3 Å². The normalized spacial score (nSPS) is 14.9. The van der Waals surface area contributed by atoms with Gasteiger partial charge in [0.15, 0.2) is 6.10 Å². The molecule has 0 aliphatic heterocycles. The van der Waals surface area contributed by atoms with E-state index in [9.17, 15) is 9.59 Å². The first-order valence-corrected chi connectivity index (χ1v) is 10.7. The molecule has 0 radical (unpaired) electrons. The first kappa shape index (κ1) is 20.8. The quantitative estimate of drug-likeness (QED) is 0.602. The van der Waals surface area contributed by atoms with Crippen LogP contribution in [0.2, 0.25) is 0 Å². The lowest BCUT2D eigenvalue weighted by atomic mass is 10.1. The molecule has 1 aromatic heterocycles. The minimum Gasteiger partial charge on any atom is -0.449 e. The molecule has 1 aliphatic rings. The van der Waals surface area contributed by atoms with Crippen LogP contribution >= 0.6 is 0 Å². The Bertz CT molecular complexity index is 1050. The molecule has 0 bridgehead atoms. The highest BCUT2D eigenvalue weighted by molar-refractivity contribution is 5.97. The fourth-order valence-corrected chi connectivity index (χ4v) is 3.83. The summed E-state index contributed by atoms with van der Waals surface area (Å²) in [4.78, 5) is 25.5. The van der Waals surface area contributed by atoms with Crippen LogP contribution in [0.1, 0.15) is 48.5 Å². The van der Waals surface area contributed by atoms with E-state index in [2.05, 4.69) is 10.4 Å². The summed E-state index contributed by atoms with van der Waals surface area (Å²) in [6, 6.07) is 17.6. The fraction of sp³-hybridized carbons (Fsp3) is 0.320. The third-order valence-corrected chi connectivity index (χ3v) is 5.63. The molecule has 1 N–H and O–H groups in total. The summed E-state index contributed by atoms with van der Waals surface area (Å²) in [5.41, 5.74) is 3.62. The number of para-hydroxylation sites is 1. The van der Waals surface area contributed by atoms with Gasteiger partial charge in [-0.1, -0.05) is 60.9 Å². The molecule has 31 heavy (non-hydrogen) atoms. The highest BCUT2D eigenvalue weighted by Gasteiger charge is 2.26. The van der Waals surface area contributed by atoms with E-state index in [1.54, 1.807) is 17.8 Å². The summed E-state index contributed by atoms with van der Waals surface area (Å²) in [5, 5.41) is 7.63. The Morgan fingerprint density at radius 1 is 1.06 bits per heavy atom. The smallest absolute Gasteiger partial charge is 0.342 e. The summed E-state index contributed by atoms with van der Waals surface area (Å²) < 4.78 is 7.20. The Hall–Kier alpha value is -3.41. The van der Waals surface area contributed by atoms with E-state index in [0.29, 0.717) is 11.3 Å². The lowest BCUT2D eigenvalue weighted by Crippen LogP contribution is -2.40. The van der Waals surface area contributed by atoms with E-state index < -0.39 is 12.1 Å². The molecule has 0 saturated heterocycles. The van der Waals surface area contributed by atoms with Gasteiger partial charge in [0.25, 0.3) is 5.91 Å². The second kappa shape index (κ2) is 9.16. The molecule has 160 valence electrons. The van der Waals surface area contributed by atoms with E-state index in [1.807, 2.05) is 61.5 Å². The number of benzene rings is 2. The lowest BCUT2D eigenvalue weighted by Gasteiger charge is -2.17. The third kappa shape index (κ3) is 4.85. The van der Waals surface area contributed by atoms with E-state index in [1.165, 1.54) is 0 Å². The Balaban J connectivity index is 1.59. The van der Waals surface area contributed by atoms with Gasteiger partial charge in [-0.2, -0.15) is 5.10 Å². The fourth-order valence-electron chi connectivity index (χ4n) is 3.83. The van der Waals surface area contributed by atoms with Gasteiger partial charge in [-0.15, -0.1) is 0 Å². The largest absolute Gasteiger partial charge is 0.449 e. The maximum atomic E-state index is 13.0. The maximum Gasteiger partial charge on any atom is 0.342 e. The van der Waals surface area contributed by atoms with Crippen LogP contribution in [0.4, 0.5) is 0 Å². The van der Waals surface area contributed by atoms with Crippen molar-refractivity contribution in [2.75, 3.05) is 0 Å². The van der Waals surface area contributed by atoms with Crippen molar-refractivity contribution in [1.82, 2.24) is 15.1 Å². The monoisotopic (exact) mass is 417 g/mol. The zero-order valence-corrected chi connectivity index (χ0v) is 17.9. The van der Waals surface area contributed by atoms with Crippen molar-refractivity contribution < 1.29 is 14.3 Å². The molecule has 6 nitrogen and oxygen atoms in total. The van der Waals surface area contributed by atoms with Crippen LogP contribution in [0, 0.1) is 6.92 Å². The molecule has 1 fully saturated rings. The first-order chi connectivity index (χ1) is 15.0. The summed E-state index contributed by atoms with van der Waals surface area (Å²) in [6.45, 7) is 3.61. The molecule has 2 aromatic carbocycles. The number of nitrogens with zero attached hydrogens (tertiary/aromatic N) is 2. The number of hydrogen-bond acceptors (Lipinski definition) is 4. The second-order valence-electron chi connectivity index (χ2n) is 8.08. The summed E-state index contributed by atoms with van der Waals surface area (Å²) in [5.74, 6) is -0.820. The zero-order valence-electron chi connectivity index (χ0n) is 17.9. The summed E-state index contributed by atoms with van der Waals surface area (Å²) in [7, 11) is 0. The zero-order chi connectivity index (χ0) is 21.8. The van der Waals surface area contributed by atoms with Crippen molar-refractivity contribution in [1.29, 1.82) is 0 Å². The molecular formula is C25H27N3O3. The molecule has 1 aliphatic carbocycles. The second-order valence-corrected chi connectivity index (χ2v) is 8.08. The van der Waals surface area contributed by atoms with Gasteiger partial charge >= 0.3 is 5.97 Å².